The van der Waals surface area contributed by atoms with Gasteiger partial charge >= 0.3 is 12.1 Å². The van der Waals surface area contributed by atoms with Crippen molar-refractivity contribution in [3.8, 4) is 0 Å². The molecule has 1 aromatic rings. The van der Waals surface area contributed by atoms with E-state index in [9.17, 15) is 14.4 Å². The van der Waals surface area contributed by atoms with Crippen LogP contribution in [0.15, 0.2) is 24.3 Å². The molecule has 5 N–H and O–H groups in total. The summed E-state index contributed by atoms with van der Waals surface area (Å²) in [7, 11) is 0. The van der Waals surface area contributed by atoms with Crippen molar-refractivity contribution in [2.24, 2.45) is 5.73 Å². The van der Waals surface area contributed by atoms with E-state index in [0.29, 0.717) is 25.3 Å². The van der Waals surface area contributed by atoms with Crippen LogP contribution in [0.1, 0.15) is 39.2 Å². The lowest BCUT2D eigenvalue weighted by atomic mass is 10.2. The molecule has 9 heteroatoms. The van der Waals surface area contributed by atoms with Crippen molar-refractivity contribution in [2.75, 3.05) is 25.0 Å². The first-order valence-corrected chi connectivity index (χ1v) is 9.78. The summed E-state index contributed by atoms with van der Waals surface area (Å²) >= 11 is 0. The molecule has 0 radical (unpaired) electrons. The molecule has 9 nitrogen and oxygen atoms in total. The van der Waals surface area contributed by atoms with Crippen molar-refractivity contribution in [3.05, 3.63) is 29.8 Å². The first-order chi connectivity index (χ1) is 13.7. The van der Waals surface area contributed by atoms with Gasteiger partial charge in [0.15, 0.2) is 0 Å². The highest BCUT2D eigenvalue weighted by atomic mass is 16.6. The van der Waals surface area contributed by atoms with Crippen LogP contribution in [0, 0.1) is 0 Å². The number of urea groups is 1. The molecule has 4 amide bonds. The number of rotatable bonds is 6. The number of nitrogens with zero attached hydrogens (tertiary/aromatic N) is 1. The molecule has 0 aromatic heterocycles. The summed E-state index contributed by atoms with van der Waals surface area (Å²) in [6.45, 7) is 6.75. The van der Waals surface area contributed by atoms with Crippen LogP contribution in [-0.2, 0) is 16.1 Å². The molecule has 0 aliphatic carbocycles. The van der Waals surface area contributed by atoms with Crippen molar-refractivity contribution in [1.82, 2.24) is 15.5 Å². The van der Waals surface area contributed by atoms with Crippen LogP contribution in [0.2, 0.25) is 0 Å². The Balaban J connectivity index is 1.72. The number of hydrogen-bond acceptors (Lipinski definition) is 5. The van der Waals surface area contributed by atoms with E-state index in [-0.39, 0.29) is 18.5 Å². The zero-order chi connectivity index (χ0) is 21.4. The Labute approximate surface area is 171 Å². The Bertz CT molecular complexity index is 715. The maximum absolute atomic E-state index is 12.2. The third-order valence-electron chi connectivity index (χ3n) is 4.42. The van der Waals surface area contributed by atoms with Gasteiger partial charge in [-0.3, -0.25) is 10.1 Å². The molecule has 1 saturated heterocycles. The molecule has 2 rings (SSSR count). The van der Waals surface area contributed by atoms with E-state index in [4.69, 9.17) is 10.5 Å². The minimum atomic E-state index is -0.567. The van der Waals surface area contributed by atoms with Crippen molar-refractivity contribution >= 4 is 23.7 Å². The van der Waals surface area contributed by atoms with Crippen LogP contribution in [0.5, 0.6) is 0 Å². The molecule has 1 unspecified atom stereocenters. The molecule has 160 valence electrons. The van der Waals surface area contributed by atoms with E-state index in [1.807, 2.05) is 0 Å². The van der Waals surface area contributed by atoms with Crippen LogP contribution < -0.4 is 21.7 Å². The molecule has 0 saturated carbocycles. The smallest absolute Gasteiger partial charge is 0.412 e. The normalized spacial score (nSPS) is 16.3. The lowest BCUT2D eigenvalue weighted by Gasteiger charge is -2.23. The van der Waals surface area contributed by atoms with Gasteiger partial charge in [-0.15, -0.1) is 0 Å². The summed E-state index contributed by atoms with van der Waals surface area (Å²) in [5.74, 6) is -0.120. The highest BCUT2D eigenvalue weighted by molar-refractivity contribution is 5.85. The summed E-state index contributed by atoms with van der Waals surface area (Å²) in [6.07, 6.45) is 1.33. The Morgan fingerprint density at radius 1 is 1.17 bits per heavy atom. The van der Waals surface area contributed by atoms with Gasteiger partial charge in [-0.2, -0.15) is 0 Å². The molecule has 1 aliphatic heterocycles. The molecule has 1 heterocycles. The number of nitrogens with two attached hydrogens (primary N) is 1. The fourth-order valence-corrected chi connectivity index (χ4v) is 3.04. The van der Waals surface area contributed by atoms with E-state index in [1.165, 1.54) is 0 Å². The standard InChI is InChI=1S/C20H31N5O4/c1-20(2,3)29-19(28)24-15-8-6-14(7-9-15)12-22-18(27)23-13-17(26)25-10-4-5-16(25)11-21/h6-9,16H,4-5,10-13,21H2,1-3H3,(H,24,28)(H2,22,23,27). The van der Waals surface area contributed by atoms with Gasteiger partial charge in [-0.25, -0.2) is 9.59 Å². The van der Waals surface area contributed by atoms with Gasteiger partial charge < -0.3 is 26.0 Å². The van der Waals surface area contributed by atoms with Gasteiger partial charge in [-0.1, -0.05) is 12.1 Å². The summed E-state index contributed by atoms with van der Waals surface area (Å²) in [6, 6.07) is 6.67. The maximum atomic E-state index is 12.2. The van der Waals surface area contributed by atoms with E-state index >= 15 is 0 Å². The minimum Gasteiger partial charge on any atom is -0.444 e. The Hall–Kier alpha value is -2.81. The molecule has 1 aromatic carbocycles. The lowest BCUT2D eigenvalue weighted by molar-refractivity contribution is -0.130. The number of nitrogens with one attached hydrogen (secondary N) is 3. The predicted octanol–water partition coefficient (Wildman–Crippen LogP) is 1.78. The number of ether oxygens (including phenoxy) is 1. The van der Waals surface area contributed by atoms with Crippen LogP contribution >= 0.6 is 0 Å². The largest absolute Gasteiger partial charge is 0.444 e. The summed E-state index contributed by atoms with van der Waals surface area (Å²) in [4.78, 5) is 37.6. The van der Waals surface area contributed by atoms with Crippen molar-refractivity contribution in [2.45, 2.75) is 51.8 Å². The lowest BCUT2D eigenvalue weighted by Crippen LogP contribution is -2.46. The van der Waals surface area contributed by atoms with E-state index in [2.05, 4.69) is 16.0 Å². The molecule has 1 aliphatic rings. The highest BCUT2D eigenvalue weighted by Crippen LogP contribution is 2.16. The average molecular weight is 405 g/mol. The van der Waals surface area contributed by atoms with Gasteiger partial charge in [-0.05, 0) is 51.3 Å². The molecule has 0 bridgehead atoms. The second-order valence-corrected chi connectivity index (χ2v) is 7.98. The number of amides is 4. The number of anilines is 1. The number of hydrogen-bond donors (Lipinski definition) is 4. The first kappa shape index (κ1) is 22.5. The average Bonchev–Trinajstić information content (AvgIpc) is 3.13. The fraction of sp³-hybridized carbons (Fsp3) is 0.550. The number of likely N-dealkylation sites (tertiary alicyclic amines) is 1. The van der Waals surface area contributed by atoms with Gasteiger partial charge in [0.05, 0.1) is 6.54 Å². The third kappa shape index (κ3) is 7.61. The van der Waals surface area contributed by atoms with Gasteiger partial charge in [0.25, 0.3) is 0 Å². The zero-order valence-corrected chi connectivity index (χ0v) is 17.3. The number of benzene rings is 1. The van der Waals surface area contributed by atoms with Crippen molar-refractivity contribution in [3.63, 3.8) is 0 Å². The predicted molar refractivity (Wildman–Crippen MR) is 110 cm³/mol. The molecule has 29 heavy (non-hydrogen) atoms. The Kier molecular flexibility index (Phi) is 7.83. The molecular weight excluding hydrogens is 374 g/mol. The maximum Gasteiger partial charge on any atom is 0.412 e. The van der Waals surface area contributed by atoms with E-state index < -0.39 is 17.7 Å². The fourth-order valence-electron chi connectivity index (χ4n) is 3.04. The van der Waals surface area contributed by atoms with Gasteiger partial charge in [0.1, 0.15) is 5.60 Å². The second kappa shape index (κ2) is 10.1. The number of carbonyl (C=O) groups excluding carboxylic acids is 3. The Morgan fingerprint density at radius 3 is 2.48 bits per heavy atom. The third-order valence-corrected chi connectivity index (χ3v) is 4.42. The molecular formula is C20H31N5O4. The topological polar surface area (TPSA) is 126 Å². The summed E-state index contributed by atoms with van der Waals surface area (Å²) in [5.41, 5.74) is 6.55. The van der Waals surface area contributed by atoms with Crippen molar-refractivity contribution in [1.29, 1.82) is 0 Å². The van der Waals surface area contributed by atoms with Crippen LogP contribution in [0.4, 0.5) is 15.3 Å². The van der Waals surface area contributed by atoms with Gasteiger partial charge in [0, 0.05) is 31.4 Å². The summed E-state index contributed by atoms with van der Waals surface area (Å²) in [5, 5.41) is 7.93. The SMILES string of the molecule is CC(C)(C)OC(=O)Nc1ccc(CNC(=O)NCC(=O)N2CCCC2CN)cc1. The minimum absolute atomic E-state index is 0.0545. The Morgan fingerprint density at radius 2 is 1.86 bits per heavy atom. The van der Waals surface area contributed by atoms with E-state index in [0.717, 1.165) is 18.4 Å². The van der Waals surface area contributed by atoms with Crippen LogP contribution in [-0.4, -0.2) is 54.2 Å². The zero-order valence-electron chi connectivity index (χ0n) is 17.3. The van der Waals surface area contributed by atoms with Crippen LogP contribution in [0.25, 0.3) is 0 Å². The monoisotopic (exact) mass is 405 g/mol. The van der Waals surface area contributed by atoms with Crippen molar-refractivity contribution < 1.29 is 19.1 Å². The summed E-state index contributed by atoms with van der Waals surface area (Å²) < 4.78 is 5.19. The highest BCUT2D eigenvalue weighted by Gasteiger charge is 2.27. The van der Waals surface area contributed by atoms with E-state index in [1.54, 1.807) is 49.9 Å². The quantitative estimate of drug-likeness (QED) is 0.574. The molecule has 1 fully saturated rings. The molecule has 0 spiro atoms. The van der Waals surface area contributed by atoms with Crippen LogP contribution in [0.3, 0.4) is 0 Å². The number of carbonyl (C=O) groups is 3. The molecule has 1 atom stereocenters. The second-order valence-electron chi connectivity index (χ2n) is 7.98. The first-order valence-electron chi connectivity index (χ1n) is 9.78. The van der Waals surface area contributed by atoms with Gasteiger partial charge in [0.2, 0.25) is 5.91 Å².